The van der Waals surface area contributed by atoms with Gasteiger partial charge in [0.1, 0.15) is 10.1 Å². The summed E-state index contributed by atoms with van der Waals surface area (Å²) in [5.74, 6) is 0. The molecule has 4 nitrogen and oxygen atoms in total. The van der Waals surface area contributed by atoms with E-state index in [0.29, 0.717) is 0 Å². The maximum Gasteiger partial charge on any atom is 0.416 e. The maximum absolute atomic E-state index is 12.6. The van der Waals surface area contributed by atoms with Gasteiger partial charge < -0.3 is 4.55 Å². The van der Waals surface area contributed by atoms with Gasteiger partial charge in [0.2, 0.25) is 0 Å². The molecular weight excluding hydrogens is 295 g/mol. The third kappa shape index (κ3) is 3.14. The molecule has 0 saturated heterocycles. The Morgan fingerprint density at radius 1 is 1.10 bits per heavy atom. The fourth-order valence-corrected chi connectivity index (χ4v) is 1.97. The Kier molecular flexibility index (Phi) is 3.53. The van der Waals surface area contributed by atoms with Crippen molar-refractivity contribution in [2.24, 2.45) is 0 Å². The highest BCUT2D eigenvalue weighted by molar-refractivity contribution is 7.85. The van der Waals surface area contributed by atoms with E-state index >= 15 is 0 Å². The van der Waals surface area contributed by atoms with E-state index in [-0.39, 0.29) is 11.3 Å². The molecule has 2 rings (SSSR count). The molecule has 1 aromatic heterocycles. The molecule has 106 valence electrons. The second-order valence-corrected chi connectivity index (χ2v) is 5.29. The average Bonchev–Trinajstić information content (AvgIpc) is 2.37. The van der Waals surface area contributed by atoms with Crippen molar-refractivity contribution in [3.05, 3.63) is 48.2 Å². The van der Waals surface area contributed by atoms with Gasteiger partial charge in [-0.15, -0.1) is 0 Å². The maximum atomic E-state index is 12.6. The number of rotatable bonds is 2. The SMILES string of the molecule is O=S(=O)([O-])c1ccc(-c2cccc(C(F)(F)F)c2)nc1. The molecule has 8 heteroatoms. The van der Waals surface area contributed by atoms with Crippen LogP contribution in [0.4, 0.5) is 13.2 Å². The van der Waals surface area contributed by atoms with E-state index in [1.165, 1.54) is 18.2 Å². The Morgan fingerprint density at radius 2 is 1.80 bits per heavy atom. The van der Waals surface area contributed by atoms with Crippen molar-refractivity contribution in [2.75, 3.05) is 0 Å². The molecule has 1 heterocycles. The van der Waals surface area contributed by atoms with Crippen LogP contribution < -0.4 is 0 Å². The van der Waals surface area contributed by atoms with Crippen LogP contribution in [0, 0.1) is 0 Å². The fourth-order valence-electron chi connectivity index (χ4n) is 1.55. The molecule has 0 aliphatic rings. The first-order valence-corrected chi connectivity index (χ1v) is 6.68. The molecule has 0 aliphatic heterocycles. The lowest BCUT2D eigenvalue weighted by atomic mass is 10.1. The lowest BCUT2D eigenvalue weighted by Crippen LogP contribution is -2.04. The lowest BCUT2D eigenvalue weighted by Gasteiger charge is -2.09. The highest BCUT2D eigenvalue weighted by atomic mass is 32.2. The normalized spacial score (nSPS) is 12.4. The van der Waals surface area contributed by atoms with Crippen LogP contribution >= 0.6 is 0 Å². The van der Waals surface area contributed by atoms with Gasteiger partial charge in [0.25, 0.3) is 0 Å². The zero-order valence-electron chi connectivity index (χ0n) is 9.76. The molecule has 20 heavy (non-hydrogen) atoms. The molecule has 0 bridgehead atoms. The number of halogens is 3. The predicted octanol–water partition coefficient (Wildman–Crippen LogP) is 2.67. The number of alkyl halides is 3. The molecular formula is C12H7F3NO3S-. The zero-order chi connectivity index (χ0) is 15.0. The van der Waals surface area contributed by atoms with Gasteiger partial charge in [0, 0.05) is 11.8 Å². The minimum atomic E-state index is -4.63. The largest absolute Gasteiger partial charge is 0.744 e. The summed E-state index contributed by atoms with van der Waals surface area (Å²) >= 11 is 0. The molecule has 0 fully saturated rings. The molecule has 0 saturated carbocycles. The molecule has 0 radical (unpaired) electrons. The topological polar surface area (TPSA) is 70.1 Å². The van der Waals surface area contributed by atoms with Crippen LogP contribution in [0.2, 0.25) is 0 Å². The summed E-state index contributed by atoms with van der Waals surface area (Å²) in [6.07, 6.45) is -3.66. The van der Waals surface area contributed by atoms with Gasteiger partial charge in [0.15, 0.2) is 0 Å². The van der Waals surface area contributed by atoms with Gasteiger partial charge in [-0.05, 0) is 24.3 Å². The predicted molar refractivity (Wildman–Crippen MR) is 62.6 cm³/mol. The number of hydrogen-bond donors (Lipinski definition) is 0. The number of hydrogen-bond acceptors (Lipinski definition) is 4. The summed E-state index contributed by atoms with van der Waals surface area (Å²) in [7, 11) is -4.63. The summed E-state index contributed by atoms with van der Waals surface area (Å²) < 4.78 is 69.9. The van der Waals surface area contributed by atoms with E-state index < -0.39 is 26.8 Å². The van der Waals surface area contributed by atoms with Crippen molar-refractivity contribution < 1.29 is 26.1 Å². The van der Waals surface area contributed by atoms with Crippen molar-refractivity contribution in [2.45, 2.75) is 11.1 Å². The van der Waals surface area contributed by atoms with E-state index in [2.05, 4.69) is 4.98 Å². The van der Waals surface area contributed by atoms with E-state index in [0.717, 1.165) is 24.4 Å². The molecule has 0 spiro atoms. The van der Waals surface area contributed by atoms with Crippen LogP contribution in [0.1, 0.15) is 5.56 Å². The monoisotopic (exact) mass is 302 g/mol. The minimum Gasteiger partial charge on any atom is -0.744 e. The summed E-state index contributed by atoms with van der Waals surface area (Å²) in [6.45, 7) is 0. The molecule has 2 aromatic rings. The number of aromatic nitrogens is 1. The molecule has 0 amide bonds. The third-order valence-corrected chi connectivity index (χ3v) is 3.33. The molecule has 0 N–H and O–H groups in total. The second kappa shape index (κ2) is 4.88. The van der Waals surface area contributed by atoms with Gasteiger partial charge in [-0.25, -0.2) is 8.42 Å². The van der Waals surface area contributed by atoms with Crippen LogP contribution in [0.15, 0.2) is 47.5 Å². The van der Waals surface area contributed by atoms with Crippen LogP contribution in [0.3, 0.4) is 0 Å². The van der Waals surface area contributed by atoms with Crippen LogP contribution in [0.25, 0.3) is 11.3 Å². The highest BCUT2D eigenvalue weighted by Crippen LogP contribution is 2.31. The molecule has 1 aromatic carbocycles. The van der Waals surface area contributed by atoms with Gasteiger partial charge in [-0.2, -0.15) is 13.2 Å². The van der Waals surface area contributed by atoms with Gasteiger partial charge >= 0.3 is 6.18 Å². The zero-order valence-corrected chi connectivity index (χ0v) is 10.6. The Balaban J connectivity index is 2.43. The molecule has 0 aliphatic carbocycles. The van der Waals surface area contributed by atoms with Crippen molar-refractivity contribution in [1.29, 1.82) is 0 Å². The van der Waals surface area contributed by atoms with E-state index in [1.54, 1.807) is 0 Å². The fraction of sp³-hybridized carbons (Fsp3) is 0.0833. The van der Waals surface area contributed by atoms with Gasteiger partial charge in [-0.3, -0.25) is 4.98 Å². The summed E-state index contributed by atoms with van der Waals surface area (Å²) in [6, 6.07) is 6.62. The Hall–Kier alpha value is -1.93. The standard InChI is InChI=1S/C12H8F3NO3S/c13-12(14,15)9-3-1-2-8(6-9)11-5-4-10(7-16-11)20(17,18)19/h1-7H,(H,17,18,19)/p-1. The van der Waals surface area contributed by atoms with Crippen LogP contribution in [-0.2, 0) is 16.3 Å². The van der Waals surface area contributed by atoms with Crippen molar-refractivity contribution in [3.63, 3.8) is 0 Å². The first kappa shape index (κ1) is 14.5. The molecule has 0 unspecified atom stereocenters. The number of benzene rings is 1. The van der Waals surface area contributed by atoms with E-state index in [1.807, 2.05) is 0 Å². The van der Waals surface area contributed by atoms with Crippen LogP contribution in [-0.4, -0.2) is 18.0 Å². The minimum absolute atomic E-state index is 0.142. The van der Waals surface area contributed by atoms with Crippen molar-refractivity contribution in [3.8, 4) is 11.3 Å². The summed E-state index contributed by atoms with van der Waals surface area (Å²) in [5.41, 5.74) is -0.518. The van der Waals surface area contributed by atoms with Crippen molar-refractivity contribution in [1.82, 2.24) is 4.98 Å². The first-order chi connectivity index (χ1) is 9.18. The number of pyridine rings is 1. The average molecular weight is 302 g/mol. The van der Waals surface area contributed by atoms with E-state index in [4.69, 9.17) is 0 Å². The highest BCUT2D eigenvalue weighted by Gasteiger charge is 2.30. The van der Waals surface area contributed by atoms with Crippen LogP contribution in [0.5, 0.6) is 0 Å². The lowest BCUT2D eigenvalue weighted by molar-refractivity contribution is -0.137. The summed E-state index contributed by atoms with van der Waals surface area (Å²) in [5, 5.41) is 0. The Bertz CT molecular complexity index is 724. The van der Waals surface area contributed by atoms with Gasteiger partial charge in [0.05, 0.1) is 16.2 Å². The van der Waals surface area contributed by atoms with Crippen molar-refractivity contribution >= 4 is 10.1 Å². The first-order valence-electron chi connectivity index (χ1n) is 5.27. The molecule has 0 atom stereocenters. The Morgan fingerprint density at radius 3 is 2.30 bits per heavy atom. The van der Waals surface area contributed by atoms with Gasteiger partial charge in [-0.1, -0.05) is 12.1 Å². The number of nitrogens with zero attached hydrogens (tertiary/aromatic N) is 1. The quantitative estimate of drug-likeness (QED) is 0.800. The van der Waals surface area contributed by atoms with E-state index in [9.17, 15) is 26.1 Å². The Labute approximate surface area is 112 Å². The third-order valence-electron chi connectivity index (χ3n) is 2.51. The second-order valence-electron chi connectivity index (χ2n) is 3.91. The smallest absolute Gasteiger partial charge is 0.416 e. The summed E-state index contributed by atoms with van der Waals surface area (Å²) in [4.78, 5) is 3.16.